The lowest BCUT2D eigenvalue weighted by Gasteiger charge is -2.17. The van der Waals surface area contributed by atoms with Crippen molar-refractivity contribution in [1.82, 2.24) is 20.3 Å². The number of aliphatic carboxylic acids is 1. The van der Waals surface area contributed by atoms with Gasteiger partial charge in [0.25, 0.3) is 0 Å². The van der Waals surface area contributed by atoms with Crippen LogP contribution in [0, 0.1) is 0 Å². The van der Waals surface area contributed by atoms with Gasteiger partial charge < -0.3 is 25.2 Å². The first-order chi connectivity index (χ1) is 21.0. The van der Waals surface area contributed by atoms with E-state index in [0.717, 1.165) is 75.0 Å². The molecule has 0 aliphatic carbocycles. The predicted molar refractivity (Wildman–Crippen MR) is 162 cm³/mol. The first-order valence-electron chi connectivity index (χ1n) is 15.2. The van der Waals surface area contributed by atoms with Gasteiger partial charge in [0.2, 0.25) is 5.91 Å². The Morgan fingerprint density at radius 2 is 1.86 bits per heavy atom. The van der Waals surface area contributed by atoms with Gasteiger partial charge >= 0.3 is 5.97 Å². The van der Waals surface area contributed by atoms with E-state index in [4.69, 9.17) is 20.0 Å². The molecule has 0 aromatic carbocycles. The molecule has 43 heavy (non-hydrogen) atoms. The average Bonchev–Trinajstić information content (AvgIpc) is 3.02. The van der Waals surface area contributed by atoms with Gasteiger partial charge in [-0.25, -0.2) is 15.0 Å². The smallest absolute Gasteiger partial charge is 0.303 e. The van der Waals surface area contributed by atoms with Crippen LogP contribution in [0.15, 0.2) is 29.6 Å². The standard InChI is InChI=1S/C30H44N8O5/c31-38-36-15-17-43-19-18-42-16-14-32-28(39)12-11-27-34-21-25(22-35-27)24(20-29(40)41)6-3-1-2-4-8-26-10-9-23-7-5-13-33-30(23)37-26/h9-10,21-22,24H,1-8,11-20H2,(H,32,39)(H,33,37)(H,40,41)/t24-/m0/s1. The zero-order valence-corrected chi connectivity index (χ0v) is 24.9. The minimum atomic E-state index is -0.834. The van der Waals surface area contributed by atoms with E-state index in [1.165, 1.54) is 5.56 Å². The Morgan fingerprint density at radius 1 is 1.07 bits per heavy atom. The van der Waals surface area contributed by atoms with Crippen molar-refractivity contribution in [2.45, 2.75) is 76.5 Å². The van der Waals surface area contributed by atoms with E-state index < -0.39 is 5.97 Å². The van der Waals surface area contributed by atoms with E-state index in [9.17, 15) is 14.7 Å². The molecule has 0 radical (unpaired) electrons. The van der Waals surface area contributed by atoms with Gasteiger partial charge in [-0.1, -0.05) is 30.4 Å². The molecule has 13 heteroatoms. The molecule has 1 aliphatic rings. The number of unbranched alkanes of at least 4 members (excludes halogenated alkanes) is 3. The maximum absolute atomic E-state index is 12.1. The van der Waals surface area contributed by atoms with Crippen LogP contribution >= 0.6 is 0 Å². The Bertz CT molecular complexity index is 1170. The number of rotatable bonds is 22. The number of nitrogens with one attached hydrogen (secondary N) is 2. The maximum atomic E-state index is 12.1. The van der Waals surface area contributed by atoms with Crippen molar-refractivity contribution in [1.29, 1.82) is 0 Å². The number of pyridine rings is 1. The highest BCUT2D eigenvalue weighted by Crippen LogP contribution is 2.26. The Morgan fingerprint density at radius 3 is 2.65 bits per heavy atom. The Labute approximate surface area is 252 Å². The number of carbonyl (C=O) groups excluding carboxylic acids is 1. The zero-order valence-electron chi connectivity index (χ0n) is 24.9. The van der Waals surface area contributed by atoms with Crippen LogP contribution < -0.4 is 10.6 Å². The largest absolute Gasteiger partial charge is 0.481 e. The van der Waals surface area contributed by atoms with Crippen molar-refractivity contribution in [3.63, 3.8) is 0 Å². The molecule has 0 saturated heterocycles. The lowest BCUT2D eigenvalue weighted by molar-refractivity contribution is -0.137. The zero-order chi connectivity index (χ0) is 30.5. The molecule has 2 aromatic rings. The molecule has 0 spiro atoms. The van der Waals surface area contributed by atoms with E-state index in [1.54, 1.807) is 12.4 Å². The Kier molecular flexibility index (Phi) is 15.8. The number of carbonyl (C=O) groups is 2. The molecule has 2 aromatic heterocycles. The van der Waals surface area contributed by atoms with Gasteiger partial charge in [-0.05, 0) is 60.7 Å². The second-order valence-corrected chi connectivity index (χ2v) is 10.6. The summed E-state index contributed by atoms with van der Waals surface area (Å²) in [4.78, 5) is 39.8. The van der Waals surface area contributed by atoms with E-state index >= 15 is 0 Å². The van der Waals surface area contributed by atoms with Crippen LogP contribution in [0.2, 0.25) is 0 Å². The summed E-state index contributed by atoms with van der Waals surface area (Å²) < 4.78 is 10.6. The normalized spacial score (nSPS) is 12.9. The molecule has 0 saturated carbocycles. The first kappa shape index (κ1) is 33.7. The molecule has 1 atom stereocenters. The number of ether oxygens (including phenoxy) is 2. The molecule has 234 valence electrons. The monoisotopic (exact) mass is 596 g/mol. The van der Waals surface area contributed by atoms with Gasteiger partial charge in [-0.3, -0.25) is 9.59 Å². The second-order valence-electron chi connectivity index (χ2n) is 10.6. The molecule has 1 amide bonds. The predicted octanol–water partition coefficient (Wildman–Crippen LogP) is 4.37. The fourth-order valence-corrected chi connectivity index (χ4v) is 4.91. The highest BCUT2D eigenvalue weighted by molar-refractivity contribution is 5.76. The van der Waals surface area contributed by atoms with Crippen molar-refractivity contribution >= 4 is 17.7 Å². The van der Waals surface area contributed by atoms with Gasteiger partial charge in [0.05, 0.1) is 32.8 Å². The fraction of sp³-hybridized carbons (Fsp3) is 0.633. The number of aromatic nitrogens is 3. The van der Waals surface area contributed by atoms with Crippen molar-refractivity contribution in [3.8, 4) is 0 Å². The molecule has 1 aliphatic heterocycles. The third kappa shape index (κ3) is 13.8. The number of hydrogen-bond acceptors (Lipinski definition) is 9. The number of aryl methyl sites for hydroxylation is 3. The number of hydrogen-bond donors (Lipinski definition) is 3. The highest BCUT2D eigenvalue weighted by Gasteiger charge is 2.17. The number of nitrogens with zero attached hydrogens (tertiary/aromatic N) is 6. The molecule has 3 rings (SSSR count). The summed E-state index contributed by atoms with van der Waals surface area (Å²) in [5, 5.41) is 19.0. The van der Waals surface area contributed by atoms with Crippen molar-refractivity contribution in [2.75, 3.05) is 51.4 Å². The number of fused-ring (bicyclic) bond motifs is 1. The van der Waals surface area contributed by atoms with Crippen molar-refractivity contribution in [3.05, 3.63) is 57.6 Å². The third-order valence-corrected chi connectivity index (χ3v) is 7.22. The molecular weight excluding hydrogens is 552 g/mol. The lowest BCUT2D eigenvalue weighted by Crippen LogP contribution is -2.28. The lowest BCUT2D eigenvalue weighted by atomic mass is 9.92. The molecule has 0 unspecified atom stereocenters. The summed E-state index contributed by atoms with van der Waals surface area (Å²) >= 11 is 0. The molecule has 3 heterocycles. The first-order valence-corrected chi connectivity index (χ1v) is 15.2. The molecule has 0 bridgehead atoms. The Balaban J connectivity index is 1.29. The second kappa shape index (κ2) is 20.2. The SMILES string of the molecule is [N-]=[N+]=NCCOCCOCCNC(=O)CCc1ncc([C@@H](CCCCCCc2ccc3c(n2)NCCC3)CC(=O)O)cn1. The molecule has 3 N–H and O–H groups in total. The summed E-state index contributed by atoms with van der Waals surface area (Å²) in [7, 11) is 0. The van der Waals surface area contributed by atoms with Crippen LogP contribution in [0.1, 0.15) is 79.9 Å². The van der Waals surface area contributed by atoms with Crippen LogP contribution in [0.5, 0.6) is 0 Å². The minimum Gasteiger partial charge on any atom is -0.481 e. The summed E-state index contributed by atoms with van der Waals surface area (Å²) in [6, 6.07) is 4.33. The van der Waals surface area contributed by atoms with Gasteiger partial charge in [-0.2, -0.15) is 0 Å². The highest BCUT2D eigenvalue weighted by atomic mass is 16.5. The van der Waals surface area contributed by atoms with Crippen molar-refractivity contribution < 1.29 is 24.2 Å². The minimum absolute atomic E-state index is 0.0428. The molecule has 13 nitrogen and oxygen atoms in total. The summed E-state index contributed by atoms with van der Waals surface area (Å²) in [5.41, 5.74) is 11.4. The Hall–Kier alpha value is -3.80. The average molecular weight is 597 g/mol. The van der Waals surface area contributed by atoms with E-state index in [-0.39, 0.29) is 31.2 Å². The number of carboxylic acids is 1. The third-order valence-electron chi connectivity index (χ3n) is 7.22. The topological polar surface area (TPSA) is 184 Å². The molecule has 0 fully saturated rings. The quantitative estimate of drug-likeness (QED) is 0.0768. The summed E-state index contributed by atoms with van der Waals surface area (Å²) in [5.74, 6) is 0.496. The van der Waals surface area contributed by atoms with Gasteiger partial charge in [0.1, 0.15) is 11.6 Å². The maximum Gasteiger partial charge on any atom is 0.303 e. The van der Waals surface area contributed by atoms with Crippen LogP contribution in [-0.4, -0.2) is 78.0 Å². The number of carboxylic acid groups (broad SMARTS) is 1. The number of azide groups is 1. The summed E-state index contributed by atoms with van der Waals surface area (Å²) in [6.45, 7) is 3.16. The van der Waals surface area contributed by atoms with E-state index in [2.05, 4.69) is 42.8 Å². The van der Waals surface area contributed by atoms with Gasteiger partial charge in [0, 0.05) is 55.5 Å². The van der Waals surface area contributed by atoms with Gasteiger partial charge in [-0.15, -0.1) is 0 Å². The molecular formula is C30H44N8O5. The van der Waals surface area contributed by atoms with Crippen LogP contribution in [0.3, 0.4) is 0 Å². The number of amides is 1. The van der Waals surface area contributed by atoms with Crippen molar-refractivity contribution in [2.24, 2.45) is 5.11 Å². The summed E-state index contributed by atoms with van der Waals surface area (Å²) in [6.07, 6.45) is 12.2. The van der Waals surface area contributed by atoms with Crippen LogP contribution in [0.25, 0.3) is 10.4 Å². The number of anilines is 1. The van der Waals surface area contributed by atoms with Gasteiger partial charge in [0.15, 0.2) is 0 Å². The fourth-order valence-electron chi connectivity index (χ4n) is 4.91. The van der Waals surface area contributed by atoms with E-state index in [1.807, 2.05) is 0 Å². The van der Waals surface area contributed by atoms with E-state index in [0.29, 0.717) is 45.2 Å². The van der Waals surface area contributed by atoms with Crippen LogP contribution in [0.4, 0.5) is 5.82 Å². The van der Waals surface area contributed by atoms with Crippen LogP contribution in [-0.2, 0) is 38.3 Å².